The Balaban J connectivity index is 0.000000801. The smallest absolute Gasteiger partial charge is 0.335 e. The van der Waals surface area contributed by atoms with Gasteiger partial charge in [0.25, 0.3) is 0 Å². The lowest BCUT2D eigenvalue weighted by Crippen LogP contribution is -2.30. The van der Waals surface area contributed by atoms with Crippen molar-refractivity contribution in [3.8, 4) is 0 Å². The third-order valence-electron chi connectivity index (χ3n) is 10.7. The van der Waals surface area contributed by atoms with Crippen molar-refractivity contribution in [2.24, 2.45) is 29.6 Å². The Hall–Kier alpha value is -2.28. The van der Waals surface area contributed by atoms with Gasteiger partial charge in [0, 0.05) is 11.5 Å². The van der Waals surface area contributed by atoms with Gasteiger partial charge in [0.15, 0.2) is 0 Å². The van der Waals surface area contributed by atoms with Gasteiger partial charge in [0.2, 0.25) is 0 Å². The van der Waals surface area contributed by atoms with Crippen molar-refractivity contribution in [2.75, 3.05) is 26.4 Å². The number of fused-ring (bicyclic) bond motifs is 1. The molecule has 0 amide bonds. The molecule has 6 heteroatoms. The average Bonchev–Trinajstić information content (AvgIpc) is 3.08. The summed E-state index contributed by atoms with van der Waals surface area (Å²) >= 11 is 0. The maximum atomic E-state index is 11.8. The van der Waals surface area contributed by atoms with Crippen LogP contribution in [0.5, 0.6) is 0 Å². The van der Waals surface area contributed by atoms with Crippen molar-refractivity contribution in [3.05, 3.63) is 59.2 Å². The van der Waals surface area contributed by atoms with Crippen LogP contribution in [0.1, 0.15) is 113 Å². The molecule has 2 atom stereocenters. The van der Waals surface area contributed by atoms with Crippen molar-refractivity contribution < 1.29 is 29.6 Å². The topological polar surface area (TPSA) is 104 Å². The molecule has 3 aliphatic rings. The maximum absolute atomic E-state index is 11.8. The molecule has 0 heterocycles. The molecule has 0 saturated heterocycles. The quantitative estimate of drug-likeness (QED) is 0.0918. The van der Waals surface area contributed by atoms with E-state index in [1.165, 1.54) is 101 Å². The van der Waals surface area contributed by atoms with Crippen LogP contribution >= 0.6 is 0 Å². The molecule has 0 bridgehead atoms. The van der Waals surface area contributed by atoms with E-state index in [1.54, 1.807) is 0 Å². The number of hydrogen-bond acceptors (Lipinski definition) is 6. The van der Waals surface area contributed by atoms with E-state index in [9.17, 15) is 14.7 Å². The molecule has 0 spiro atoms. The summed E-state index contributed by atoms with van der Waals surface area (Å²) < 4.78 is 5.26. The number of benzene rings is 1. The molecule has 2 fully saturated rings. The van der Waals surface area contributed by atoms with E-state index in [0.29, 0.717) is 6.29 Å². The van der Waals surface area contributed by atoms with Crippen LogP contribution in [0.2, 0.25) is 0 Å². The Morgan fingerprint density at radius 2 is 1.52 bits per heavy atom. The van der Waals surface area contributed by atoms with Crippen molar-refractivity contribution in [1.29, 1.82) is 0 Å². The molecule has 3 N–H and O–H groups in total. The maximum Gasteiger partial charge on any atom is 0.335 e. The Morgan fingerprint density at radius 3 is 2.07 bits per heavy atom. The van der Waals surface area contributed by atoms with Crippen LogP contribution in [0.15, 0.2) is 42.5 Å². The third kappa shape index (κ3) is 11.0. The van der Waals surface area contributed by atoms with Gasteiger partial charge in [-0.05, 0) is 104 Å². The average molecular weight is 611 g/mol. The molecule has 0 radical (unpaired) electrons. The summed E-state index contributed by atoms with van der Waals surface area (Å²) in [6.07, 6.45) is 21.5. The number of carbonyl (C=O) groups is 2. The summed E-state index contributed by atoms with van der Waals surface area (Å²) in [5.41, 5.74) is 4.14. The van der Waals surface area contributed by atoms with E-state index in [2.05, 4.69) is 38.3 Å². The highest BCUT2D eigenvalue weighted by atomic mass is 16.5. The standard InChI is InChI=1S/C34H52O4.C4H6O2/c1-3-4-5-6-25-7-9-26(10-8-25)27-11-13-28(14-12-27)29-15-16-31-20-32(18-17-30(31)19-29)33(22-36)23-38-34(37)24(2)21-35;1-4(2-5)3-6/h17-18,20,25-29,33,35-36H,2-16,19,21-23H2,1H3;2,6H,1,3H2. The van der Waals surface area contributed by atoms with Crippen LogP contribution in [-0.2, 0) is 27.2 Å². The first-order valence-electron chi connectivity index (χ1n) is 17.2. The minimum absolute atomic E-state index is 0.0393. The van der Waals surface area contributed by atoms with Crippen molar-refractivity contribution in [2.45, 2.75) is 109 Å². The van der Waals surface area contributed by atoms with Gasteiger partial charge in [-0.15, -0.1) is 0 Å². The van der Waals surface area contributed by atoms with Gasteiger partial charge >= 0.3 is 5.97 Å². The van der Waals surface area contributed by atoms with Crippen LogP contribution in [0.25, 0.3) is 0 Å². The Kier molecular flexibility index (Phi) is 15.9. The first-order chi connectivity index (χ1) is 21.3. The van der Waals surface area contributed by atoms with Gasteiger partial charge in [-0.25, -0.2) is 4.79 Å². The zero-order valence-electron chi connectivity index (χ0n) is 27.2. The van der Waals surface area contributed by atoms with Gasteiger partial charge in [-0.1, -0.05) is 76.8 Å². The Labute approximate surface area is 266 Å². The van der Waals surface area contributed by atoms with E-state index >= 15 is 0 Å². The summed E-state index contributed by atoms with van der Waals surface area (Å²) in [6, 6.07) is 6.57. The highest BCUT2D eigenvalue weighted by molar-refractivity contribution is 5.87. The number of aliphatic hydroxyl groups is 3. The van der Waals surface area contributed by atoms with E-state index in [0.717, 1.165) is 41.6 Å². The predicted octanol–water partition coefficient (Wildman–Crippen LogP) is 6.89. The fourth-order valence-electron chi connectivity index (χ4n) is 7.81. The molecule has 0 aromatic heterocycles. The van der Waals surface area contributed by atoms with Crippen LogP contribution in [0, 0.1) is 29.6 Å². The molecule has 44 heavy (non-hydrogen) atoms. The van der Waals surface area contributed by atoms with E-state index in [-0.39, 0.29) is 36.9 Å². The molecule has 2 unspecified atom stereocenters. The minimum Gasteiger partial charge on any atom is -0.462 e. The van der Waals surface area contributed by atoms with Crippen LogP contribution in [-0.4, -0.2) is 54.0 Å². The second kappa shape index (κ2) is 19.3. The van der Waals surface area contributed by atoms with E-state index in [1.807, 2.05) is 0 Å². The predicted molar refractivity (Wildman–Crippen MR) is 176 cm³/mol. The normalized spacial score (nSPS) is 25.5. The number of unbranched alkanes of at least 4 members (excludes halogenated alkanes) is 2. The van der Waals surface area contributed by atoms with Crippen molar-refractivity contribution in [3.63, 3.8) is 0 Å². The number of esters is 1. The first kappa shape index (κ1) is 36.2. The molecular weight excluding hydrogens is 552 g/mol. The van der Waals surface area contributed by atoms with E-state index in [4.69, 9.17) is 14.9 Å². The van der Waals surface area contributed by atoms with Crippen molar-refractivity contribution in [1.82, 2.24) is 0 Å². The molecule has 4 rings (SSSR count). The van der Waals surface area contributed by atoms with E-state index < -0.39 is 12.6 Å². The third-order valence-corrected chi connectivity index (χ3v) is 10.7. The number of rotatable bonds is 14. The zero-order valence-corrected chi connectivity index (χ0v) is 27.2. The van der Waals surface area contributed by atoms with Gasteiger partial charge in [-0.2, -0.15) is 0 Å². The summed E-state index contributed by atoms with van der Waals surface area (Å²) in [5, 5.41) is 27.0. The summed E-state index contributed by atoms with van der Waals surface area (Å²) in [6.45, 7) is 8.37. The van der Waals surface area contributed by atoms with Gasteiger partial charge in [0.05, 0.1) is 25.4 Å². The van der Waals surface area contributed by atoms with Gasteiger partial charge in [0.1, 0.15) is 12.9 Å². The fourth-order valence-corrected chi connectivity index (χ4v) is 7.81. The molecular formula is C38H58O6. The highest BCUT2D eigenvalue weighted by Gasteiger charge is 2.34. The fraction of sp³-hybridized carbons (Fsp3) is 0.684. The molecule has 1 aromatic rings. The van der Waals surface area contributed by atoms with Crippen LogP contribution in [0.3, 0.4) is 0 Å². The number of aliphatic hydroxyl groups excluding tert-OH is 3. The van der Waals surface area contributed by atoms with Crippen LogP contribution < -0.4 is 0 Å². The Bertz CT molecular complexity index is 1050. The summed E-state index contributed by atoms with van der Waals surface area (Å²) in [7, 11) is 0. The molecule has 6 nitrogen and oxygen atoms in total. The monoisotopic (exact) mass is 610 g/mol. The molecule has 1 aromatic carbocycles. The largest absolute Gasteiger partial charge is 0.462 e. The first-order valence-corrected chi connectivity index (χ1v) is 17.2. The summed E-state index contributed by atoms with van der Waals surface area (Å²) in [5.74, 6) is 3.85. The highest BCUT2D eigenvalue weighted by Crippen LogP contribution is 2.45. The number of ether oxygens (including phenoxy) is 1. The van der Waals surface area contributed by atoms with Crippen LogP contribution in [0.4, 0.5) is 0 Å². The number of hydrogen-bond donors (Lipinski definition) is 3. The summed E-state index contributed by atoms with van der Waals surface area (Å²) in [4.78, 5) is 21.3. The second-order valence-corrected chi connectivity index (χ2v) is 13.7. The molecule has 246 valence electrons. The number of aryl methyl sites for hydroxylation is 1. The minimum atomic E-state index is -0.600. The van der Waals surface area contributed by atoms with Gasteiger partial charge in [-0.3, -0.25) is 4.79 Å². The molecule has 0 aliphatic heterocycles. The lowest BCUT2D eigenvalue weighted by Gasteiger charge is -2.41. The number of aldehydes is 1. The zero-order chi connectivity index (χ0) is 31.9. The molecule has 2 saturated carbocycles. The second-order valence-electron chi connectivity index (χ2n) is 13.7. The van der Waals surface area contributed by atoms with Crippen molar-refractivity contribution >= 4 is 12.3 Å². The molecule has 3 aliphatic carbocycles. The van der Waals surface area contributed by atoms with Gasteiger partial charge < -0.3 is 20.1 Å². The lowest BCUT2D eigenvalue weighted by molar-refractivity contribution is -0.140. The Morgan fingerprint density at radius 1 is 0.886 bits per heavy atom. The number of carbonyl (C=O) groups excluding carboxylic acids is 2. The SMILES string of the molecule is C=C(C=O)CO.C=C(CO)C(=O)OCC(CO)c1ccc2c(c1)CCC(C1CCC(C3CCC(CCCCC)CC3)CC1)C2. The lowest BCUT2D eigenvalue weighted by atomic mass is 9.65.